The number of carbonyl (C=O) groups excluding carboxylic acids is 1. The van der Waals surface area contributed by atoms with Crippen LogP contribution >= 0.6 is 0 Å². The van der Waals surface area contributed by atoms with Crippen LogP contribution in [0.15, 0.2) is 53.4 Å². The van der Waals surface area contributed by atoms with Gasteiger partial charge in [0.15, 0.2) is 0 Å². The van der Waals surface area contributed by atoms with Gasteiger partial charge in [-0.25, -0.2) is 4.79 Å². The number of amides is 2. The SMILES string of the molecule is CCN(C)Cc1cccc(CNC(=O)Nc2ccc(S(C)=O)cc2)c1. The van der Waals surface area contributed by atoms with Gasteiger partial charge in [-0.15, -0.1) is 0 Å². The number of carbonyl (C=O) groups is 1. The minimum absolute atomic E-state index is 0.263. The normalized spacial score (nSPS) is 12.0. The second-order valence-corrected chi connectivity index (χ2v) is 7.32. The molecule has 0 bridgehead atoms. The first-order valence-electron chi connectivity index (χ1n) is 8.22. The average molecular weight is 359 g/mol. The van der Waals surface area contributed by atoms with E-state index in [0.717, 1.165) is 23.5 Å². The van der Waals surface area contributed by atoms with E-state index in [4.69, 9.17) is 0 Å². The molecule has 0 saturated heterocycles. The number of nitrogens with zero attached hydrogens (tertiary/aromatic N) is 1. The molecule has 0 radical (unpaired) electrons. The highest BCUT2D eigenvalue weighted by atomic mass is 32.2. The van der Waals surface area contributed by atoms with Gasteiger partial charge >= 0.3 is 6.03 Å². The number of anilines is 1. The minimum atomic E-state index is -1.02. The Bertz CT molecular complexity index is 732. The summed E-state index contributed by atoms with van der Waals surface area (Å²) >= 11 is 0. The molecule has 0 spiro atoms. The van der Waals surface area contributed by atoms with Gasteiger partial charge in [0.25, 0.3) is 0 Å². The molecule has 0 aliphatic rings. The Kier molecular flexibility index (Phi) is 7.16. The Hall–Kier alpha value is -2.18. The molecule has 2 aromatic rings. The van der Waals surface area contributed by atoms with Gasteiger partial charge in [0.05, 0.1) is 0 Å². The summed E-state index contributed by atoms with van der Waals surface area (Å²) in [5.41, 5.74) is 2.96. The van der Waals surface area contributed by atoms with Crippen LogP contribution in [0.25, 0.3) is 0 Å². The molecule has 25 heavy (non-hydrogen) atoms. The van der Waals surface area contributed by atoms with E-state index in [0.29, 0.717) is 12.2 Å². The van der Waals surface area contributed by atoms with E-state index in [1.807, 2.05) is 12.1 Å². The van der Waals surface area contributed by atoms with E-state index in [1.54, 1.807) is 30.5 Å². The van der Waals surface area contributed by atoms with Gasteiger partial charge in [0.1, 0.15) is 0 Å². The first kappa shape index (κ1) is 19.1. The highest BCUT2D eigenvalue weighted by Crippen LogP contribution is 2.12. The van der Waals surface area contributed by atoms with Crippen molar-refractivity contribution in [1.29, 1.82) is 0 Å². The number of urea groups is 1. The monoisotopic (exact) mass is 359 g/mol. The van der Waals surface area contributed by atoms with E-state index in [2.05, 4.69) is 41.6 Å². The maximum Gasteiger partial charge on any atom is 0.319 e. The van der Waals surface area contributed by atoms with E-state index in [-0.39, 0.29) is 6.03 Å². The van der Waals surface area contributed by atoms with Crippen LogP contribution in [0.1, 0.15) is 18.1 Å². The number of benzene rings is 2. The lowest BCUT2D eigenvalue weighted by molar-refractivity contribution is 0.251. The van der Waals surface area contributed by atoms with E-state index in [9.17, 15) is 9.00 Å². The maximum absolute atomic E-state index is 12.0. The van der Waals surface area contributed by atoms with Gasteiger partial charge in [-0.05, 0) is 49.0 Å². The van der Waals surface area contributed by atoms with Gasteiger partial charge in [-0.1, -0.05) is 31.2 Å². The lowest BCUT2D eigenvalue weighted by Gasteiger charge is -2.14. The average Bonchev–Trinajstić information content (AvgIpc) is 2.60. The molecule has 2 amide bonds. The largest absolute Gasteiger partial charge is 0.334 e. The predicted octanol–water partition coefficient (Wildman–Crippen LogP) is 3.20. The van der Waals surface area contributed by atoms with E-state index in [1.165, 1.54) is 5.56 Å². The van der Waals surface area contributed by atoms with Crippen LogP contribution in [0.4, 0.5) is 10.5 Å². The fraction of sp³-hybridized carbons (Fsp3) is 0.316. The first-order valence-corrected chi connectivity index (χ1v) is 9.78. The predicted molar refractivity (Wildman–Crippen MR) is 103 cm³/mol. The highest BCUT2D eigenvalue weighted by Gasteiger charge is 2.04. The topological polar surface area (TPSA) is 61.4 Å². The summed E-state index contributed by atoms with van der Waals surface area (Å²) in [5.74, 6) is 0. The van der Waals surface area contributed by atoms with E-state index >= 15 is 0 Å². The lowest BCUT2D eigenvalue weighted by atomic mass is 10.1. The molecule has 134 valence electrons. The van der Waals surface area contributed by atoms with Crippen LogP contribution in [0.5, 0.6) is 0 Å². The zero-order valence-electron chi connectivity index (χ0n) is 14.9. The summed E-state index contributed by atoms with van der Waals surface area (Å²) < 4.78 is 11.4. The summed E-state index contributed by atoms with van der Waals surface area (Å²) in [7, 11) is 1.06. The molecule has 0 aliphatic carbocycles. The van der Waals surface area contributed by atoms with Crippen molar-refractivity contribution in [3.05, 3.63) is 59.7 Å². The number of hydrogen-bond acceptors (Lipinski definition) is 3. The van der Waals surface area contributed by atoms with Gasteiger partial charge < -0.3 is 15.5 Å². The summed E-state index contributed by atoms with van der Waals surface area (Å²) in [5, 5.41) is 5.63. The molecule has 5 nitrogen and oxygen atoms in total. The number of rotatable bonds is 7. The van der Waals surface area contributed by atoms with Crippen molar-refractivity contribution in [1.82, 2.24) is 10.2 Å². The molecule has 0 aromatic heterocycles. The van der Waals surface area contributed by atoms with Crippen molar-refractivity contribution in [2.24, 2.45) is 0 Å². The molecular weight excluding hydrogens is 334 g/mol. The summed E-state index contributed by atoms with van der Waals surface area (Å²) in [4.78, 5) is 15.0. The van der Waals surface area contributed by atoms with Gasteiger partial charge in [0, 0.05) is 40.7 Å². The molecule has 0 fully saturated rings. The van der Waals surface area contributed by atoms with Crippen molar-refractivity contribution >= 4 is 22.5 Å². The standard InChI is InChI=1S/C19H25N3O2S/c1-4-22(2)14-16-7-5-6-15(12-16)13-20-19(23)21-17-8-10-18(11-9-17)25(3)24/h5-12H,4,13-14H2,1-3H3,(H2,20,21,23). The Morgan fingerprint density at radius 1 is 1.12 bits per heavy atom. The molecule has 2 N–H and O–H groups in total. The van der Waals surface area contributed by atoms with Gasteiger partial charge in [-0.3, -0.25) is 4.21 Å². The van der Waals surface area contributed by atoms with Crippen molar-refractivity contribution in [2.75, 3.05) is 25.2 Å². The third-order valence-electron chi connectivity index (χ3n) is 3.88. The molecule has 0 heterocycles. The van der Waals surface area contributed by atoms with E-state index < -0.39 is 10.8 Å². The Morgan fingerprint density at radius 3 is 2.44 bits per heavy atom. The quantitative estimate of drug-likeness (QED) is 0.798. The third kappa shape index (κ3) is 6.32. The zero-order valence-corrected chi connectivity index (χ0v) is 15.7. The van der Waals surface area contributed by atoms with Crippen LogP contribution in [-0.4, -0.2) is 35.0 Å². The van der Waals surface area contributed by atoms with Crippen LogP contribution in [0, 0.1) is 0 Å². The van der Waals surface area contributed by atoms with Crippen molar-refractivity contribution in [3.63, 3.8) is 0 Å². The first-order chi connectivity index (χ1) is 12.0. The Morgan fingerprint density at radius 2 is 1.80 bits per heavy atom. The fourth-order valence-electron chi connectivity index (χ4n) is 2.35. The molecule has 1 atom stereocenters. The molecule has 6 heteroatoms. The summed E-state index contributed by atoms with van der Waals surface area (Å²) in [6.45, 7) is 4.48. The van der Waals surface area contributed by atoms with Gasteiger partial charge in [0.2, 0.25) is 0 Å². The minimum Gasteiger partial charge on any atom is -0.334 e. The molecule has 1 unspecified atom stereocenters. The smallest absolute Gasteiger partial charge is 0.319 e. The number of hydrogen-bond donors (Lipinski definition) is 2. The fourth-order valence-corrected chi connectivity index (χ4v) is 2.87. The second kappa shape index (κ2) is 9.34. The molecular formula is C19H25N3O2S. The molecule has 2 aromatic carbocycles. The summed E-state index contributed by atoms with van der Waals surface area (Å²) in [6.07, 6.45) is 1.63. The van der Waals surface area contributed by atoms with Crippen molar-refractivity contribution in [3.8, 4) is 0 Å². The third-order valence-corrected chi connectivity index (χ3v) is 4.82. The van der Waals surface area contributed by atoms with Gasteiger partial charge in [-0.2, -0.15) is 0 Å². The highest BCUT2D eigenvalue weighted by molar-refractivity contribution is 7.84. The van der Waals surface area contributed by atoms with Crippen LogP contribution in [-0.2, 0) is 23.9 Å². The molecule has 0 aliphatic heterocycles. The second-order valence-electron chi connectivity index (χ2n) is 5.94. The summed E-state index contributed by atoms with van der Waals surface area (Å²) in [6, 6.07) is 14.9. The lowest BCUT2D eigenvalue weighted by Crippen LogP contribution is -2.28. The van der Waals surface area contributed by atoms with Crippen LogP contribution in [0.3, 0.4) is 0 Å². The Balaban J connectivity index is 1.87. The van der Waals surface area contributed by atoms with Crippen LogP contribution in [0.2, 0.25) is 0 Å². The van der Waals surface area contributed by atoms with Crippen molar-refractivity contribution in [2.45, 2.75) is 24.9 Å². The zero-order chi connectivity index (χ0) is 18.2. The Labute approximate surface area is 151 Å². The molecule has 2 rings (SSSR count). The van der Waals surface area contributed by atoms with Crippen LogP contribution < -0.4 is 10.6 Å². The maximum atomic E-state index is 12.0. The van der Waals surface area contributed by atoms with Crippen molar-refractivity contribution < 1.29 is 9.00 Å². The molecule has 0 saturated carbocycles. The number of nitrogens with one attached hydrogen (secondary N) is 2.